The van der Waals surface area contributed by atoms with Gasteiger partial charge in [0.1, 0.15) is 10.9 Å². The van der Waals surface area contributed by atoms with E-state index in [1.54, 1.807) is 91.0 Å². The number of rotatable bonds is 11. The van der Waals surface area contributed by atoms with E-state index in [4.69, 9.17) is 34.8 Å². The van der Waals surface area contributed by atoms with Crippen molar-refractivity contribution in [3.05, 3.63) is 170 Å². The Hall–Kier alpha value is -4.90. The van der Waals surface area contributed by atoms with Crippen LogP contribution in [0.1, 0.15) is 26.7 Å². The minimum absolute atomic E-state index is 0.0362. The number of amides is 3. The summed E-state index contributed by atoms with van der Waals surface area (Å²) in [5.74, 6) is -1.21. The molecule has 0 aliphatic heterocycles. The fourth-order valence-electron chi connectivity index (χ4n) is 4.88. The molecule has 12 heteroatoms. The SMILES string of the molecule is O=C(Nc1ccc(SC(C(=O)Nc2nc(-c3ccc(Cl)cc3Cl)cs2)c2ccccc2)cc1)/C(=C/c1cccc(Cl)c1)NC(=O)c1ccccc1. The maximum atomic E-state index is 13.7. The highest BCUT2D eigenvalue weighted by Crippen LogP contribution is 2.38. The van der Waals surface area contributed by atoms with E-state index >= 15 is 0 Å². The molecule has 0 radical (unpaired) electrons. The van der Waals surface area contributed by atoms with Crippen LogP contribution in [0.2, 0.25) is 15.1 Å². The van der Waals surface area contributed by atoms with Gasteiger partial charge in [-0.05, 0) is 83.9 Å². The Bertz CT molecular complexity index is 2210. The molecule has 0 aliphatic carbocycles. The van der Waals surface area contributed by atoms with Crippen LogP contribution in [-0.2, 0) is 9.59 Å². The number of halogens is 3. The molecule has 0 fully saturated rings. The average molecular weight is 770 g/mol. The summed E-state index contributed by atoms with van der Waals surface area (Å²) < 4.78 is 0. The summed E-state index contributed by atoms with van der Waals surface area (Å²) in [4.78, 5) is 45.6. The van der Waals surface area contributed by atoms with E-state index in [2.05, 4.69) is 20.9 Å². The zero-order valence-electron chi connectivity index (χ0n) is 26.5. The molecule has 0 saturated heterocycles. The maximum absolute atomic E-state index is 13.7. The van der Waals surface area contributed by atoms with Crippen LogP contribution in [0, 0.1) is 0 Å². The third-order valence-electron chi connectivity index (χ3n) is 7.34. The van der Waals surface area contributed by atoms with Crippen LogP contribution < -0.4 is 16.0 Å². The Morgan fingerprint density at radius 2 is 1.45 bits per heavy atom. The third kappa shape index (κ3) is 9.67. The second-order valence-electron chi connectivity index (χ2n) is 11.0. The number of carbonyl (C=O) groups is 3. The molecule has 0 spiro atoms. The van der Waals surface area contributed by atoms with Crippen molar-refractivity contribution < 1.29 is 14.4 Å². The molecule has 1 aromatic heterocycles. The molecule has 1 heterocycles. The molecule has 1 unspecified atom stereocenters. The number of carbonyl (C=O) groups excluding carboxylic acids is 3. The first-order chi connectivity index (χ1) is 24.7. The van der Waals surface area contributed by atoms with Gasteiger partial charge in [-0.25, -0.2) is 4.98 Å². The first kappa shape index (κ1) is 35.9. The minimum Gasteiger partial charge on any atom is -0.321 e. The van der Waals surface area contributed by atoms with E-state index < -0.39 is 17.1 Å². The van der Waals surface area contributed by atoms with E-state index in [9.17, 15) is 14.4 Å². The number of aromatic nitrogens is 1. The minimum atomic E-state index is -0.612. The molecule has 5 aromatic carbocycles. The molecule has 0 saturated carbocycles. The Morgan fingerprint density at radius 3 is 2.16 bits per heavy atom. The largest absolute Gasteiger partial charge is 0.321 e. The first-order valence-corrected chi connectivity index (χ1v) is 18.3. The summed E-state index contributed by atoms with van der Waals surface area (Å²) in [6.07, 6.45) is 1.56. The van der Waals surface area contributed by atoms with E-state index in [0.29, 0.717) is 48.3 Å². The van der Waals surface area contributed by atoms with Gasteiger partial charge in [0.2, 0.25) is 5.91 Å². The predicted molar refractivity (Wildman–Crippen MR) is 210 cm³/mol. The van der Waals surface area contributed by atoms with E-state index in [1.807, 2.05) is 47.8 Å². The lowest BCUT2D eigenvalue weighted by atomic mass is 10.1. The maximum Gasteiger partial charge on any atom is 0.272 e. The number of benzene rings is 5. The van der Waals surface area contributed by atoms with Crippen molar-refractivity contribution in [2.45, 2.75) is 10.1 Å². The second kappa shape index (κ2) is 16.9. The number of hydrogen-bond acceptors (Lipinski definition) is 6. The highest BCUT2D eigenvalue weighted by Gasteiger charge is 2.24. The molecule has 0 bridgehead atoms. The summed E-state index contributed by atoms with van der Waals surface area (Å²) >= 11 is 21.2. The zero-order chi connectivity index (χ0) is 35.7. The van der Waals surface area contributed by atoms with Gasteiger partial charge in [-0.15, -0.1) is 23.1 Å². The van der Waals surface area contributed by atoms with E-state index in [1.165, 1.54) is 23.1 Å². The van der Waals surface area contributed by atoms with Crippen molar-refractivity contribution in [1.82, 2.24) is 10.3 Å². The van der Waals surface area contributed by atoms with Crippen molar-refractivity contribution in [2.24, 2.45) is 0 Å². The first-order valence-electron chi connectivity index (χ1n) is 15.4. The van der Waals surface area contributed by atoms with Crippen molar-refractivity contribution >= 4 is 92.5 Å². The molecular formula is C39H27Cl3N4O3S2. The highest BCUT2D eigenvalue weighted by molar-refractivity contribution is 8.00. The summed E-state index contributed by atoms with van der Waals surface area (Å²) in [6.45, 7) is 0. The second-order valence-corrected chi connectivity index (χ2v) is 14.3. The summed E-state index contributed by atoms with van der Waals surface area (Å²) in [5.41, 5.74) is 3.72. The Balaban J connectivity index is 1.17. The smallest absolute Gasteiger partial charge is 0.272 e. The van der Waals surface area contributed by atoms with Gasteiger partial charge in [0.15, 0.2) is 5.13 Å². The number of nitrogens with one attached hydrogen (secondary N) is 3. The Morgan fingerprint density at radius 1 is 0.745 bits per heavy atom. The lowest BCUT2D eigenvalue weighted by Gasteiger charge is -2.17. The number of hydrogen-bond donors (Lipinski definition) is 3. The van der Waals surface area contributed by atoms with E-state index in [-0.39, 0.29) is 11.6 Å². The average Bonchev–Trinajstić information content (AvgIpc) is 3.59. The van der Waals surface area contributed by atoms with Crippen molar-refractivity contribution in [1.29, 1.82) is 0 Å². The van der Waals surface area contributed by atoms with Crippen LogP contribution >= 0.6 is 57.9 Å². The van der Waals surface area contributed by atoms with Crippen LogP contribution in [-0.4, -0.2) is 22.7 Å². The lowest BCUT2D eigenvalue weighted by Crippen LogP contribution is -2.30. The van der Waals surface area contributed by atoms with Gasteiger partial charge < -0.3 is 16.0 Å². The Labute approximate surface area is 317 Å². The highest BCUT2D eigenvalue weighted by atomic mass is 35.5. The van der Waals surface area contributed by atoms with Crippen LogP contribution in [0.5, 0.6) is 0 Å². The van der Waals surface area contributed by atoms with Crippen LogP contribution in [0.15, 0.2) is 143 Å². The quantitative estimate of drug-likeness (QED) is 0.0900. The molecule has 3 amide bonds. The fourth-order valence-corrected chi connectivity index (χ4v) is 7.32. The van der Waals surface area contributed by atoms with Crippen molar-refractivity contribution in [3.8, 4) is 11.3 Å². The summed E-state index contributed by atoms with van der Waals surface area (Å²) in [6, 6.07) is 37.3. The monoisotopic (exact) mass is 768 g/mol. The topological polar surface area (TPSA) is 100 Å². The third-order valence-corrected chi connectivity index (χ3v) is 10.1. The normalized spacial score (nSPS) is 11.8. The van der Waals surface area contributed by atoms with Gasteiger partial charge in [0.25, 0.3) is 11.8 Å². The van der Waals surface area contributed by atoms with Gasteiger partial charge in [-0.3, -0.25) is 14.4 Å². The zero-order valence-corrected chi connectivity index (χ0v) is 30.4. The molecule has 6 rings (SSSR count). The molecule has 1 atom stereocenters. The molecule has 51 heavy (non-hydrogen) atoms. The van der Waals surface area contributed by atoms with Crippen LogP contribution in [0.4, 0.5) is 10.8 Å². The van der Waals surface area contributed by atoms with E-state index in [0.717, 1.165) is 10.5 Å². The van der Waals surface area contributed by atoms with Gasteiger partial charge in [-0.2, -0.15) is 0 Å². The number of thiazole rings is 1. The van der Waals surface area contributed by atoms with Crippen LogP contribution in [0.25, 0.3) is 17.3 Å². The van der Waals surface area contributed by atoms with Gasteiger partial charge >= 0.3 is 0 Å². The number of nitrogens with zero attached hydrogens (tertiary/aromatic N) is 1. The molecule has 3 N–H and O–H groups in total. The molecule has 0 aliphatic rings. The standard InChI is InChI=1S/C39H27Cl3N4O3S2/c40-27-13-7-8-24(20-27)21-33(44-36(47)26-11-5-2-6-12-26)37(48)43-29-15-17-30(18-16-29)51-35(25-9-3-1-4-10-25)38(49)46-39-45-34(23-50-39)31-19-14-28(41)22-32(31)42/h1-23,35H,(H,43,48)(H,44,47)(H,45,46,49)/b33-21-. The summed E-state index contributed by atoms with van der Waals surface area (Å²) in [7, 11) is 0. The van der Waals surface area contributed by atoms with Crippen molar-refractivity contribution in [3.63, 3.8) is 0 Å². The molecule has 254 valence electrons. The number of anilines is 2. The molecule has 7 nitrogen and oxygen atoms in total. The molecule has 6 aromatic rings. The summed E-state index contributed by atoms with van der Waals surface area (Å²) in [5, 5.41) is 11.7. The predicted octanol–water partition coefficient (Wildman–Crippen LogP) is 10.7. The van der Waals surface area contributed by atoms with Gasteiger partial charge in [0.05, 0.1) is 10.7 Å². The van der Waals surface area contributed by atoms with Gasteiger partial charge in [0, 0.05) is 37.1 Å². The fraction of sp³-hybridized carbons (Fsp3) is 0.0256. The number of thioether (sulfide) groups is 1. The van der Waals surface area contributed by atoms with Gasteiger partial charge in [-0.1, -0.05) is 95.5 Å². The lowest BCUT2D eigenvalue weighted by molar-refractivity contribution is -0.116. The Kier molecular flexibility index (Phi) is 11.9. The molecular weight excluding hydrogens is 743 g/mol. The van der Waals surface area contributed by atoms with Crippen LogP contribution in [0.3, 0.4) is 0 Å². The van der Waals surface area contributed by atoms with Crippen molar-refractivity contribution in [2.75, 3.05) is 10.6 Å².